The Hall–Kier alpha value is -2.62. The molecule has 0 bridgehead atoms. The SMILES string of the molecule is CC1(C)C=CC=C(c2nc(C=O)cn2C2=CCCNC=C2)C=C1. The molecule has 0 fully saturated rings. The van der Waals surface area contributed by atoms with Crippen molar-refractivity contribution in [2.75, 3.05) is 6.54 Å². The number of aromatic nitrogens is 2. The molecule has 0 atom stereocenters. The quantitative estimate of drug-likeness (QED) is 0.868. The largest absolute Gasteiger partial charge is 0.391 e. The highest BCUT2D eigenvalue weighted by Crippen LogP contribution is 2.28. The average Bonchev–Trinajstić information content (AvgIpc) is 2.69. The molecule has 1 aliphatic carbocycles. The highest BCUT2D eigenvalue weighted by Gasteiger charge is 2.16. The Balaban J connectivity index is 2.07. The zero-order valence-electron chi connectivity index (χ0n) is 13.5. The van der Waals surface area contributed by atoms with Crippen molar-refractivity contribution < 1.29 is 4.79 Å². The number of allylic oxidation sites excluding steroid dienone is 8. The highest BCUT2D eigenvalue weighted by atomic mass is 16.1. The first-order valence-electron chi connectivity index (χ1n) is 7.83. The first kappa shape index (κ1) is 15.3. The van der Waals surface area contributed by atoms with Crippen LogP contribution in [0.5, 0.6) is 0 Å². The fourth-order valence-corrected chi connectivity index (χ4v) is 2.60. The maximum Gasteiger partial charge on any atom is 0.170 e. The fraction of sp³-hybridized carbons (Fsp3) is 0.263. The Labute approximate surface area is 136 Å². The van der Waals surface area contributed by atoms with E-state index in [0.29, 0.717) is 5.69 Å². The minimum atomic E-state index is 0.00850. The molecule has 3 rings (SSSR count). The number of hydrogen-bond acceptors (Lipinski definition) is 3. The molecule has 0 saturated carbocycles. The summed E-state index contributed by atoms with van der Waals surface area (Å²) in [6, 6.07) is 0. The van der Waals surface area contributed by atoms with Gasteiger partial charge in [0.25, 0.3) is 0 Å². The van der Waals surface area contributed by atoms with Crippen LogP contribution in [-0.4, -0.2) is 22.4 Å². The lowest BCUT2D eigenvalue weighted by atomic mass is 9.93. The van der Waals surface area contributed by atoms with Gasteiger partial charge in [0.05, 0.1) is 0 Å². The Morgan fingerprint density at radius 2 is 2.17 bits per heavy atom. The van der Waals surface area contributed by atoms with Crippen LogP contribution in [0.3, 0.4) is 0 Å². The monoisotopic (exact) mass is 307 g/mol. The van der Waals surface area contributed by atoms with Crippen molar-refractivity contribution in [3.05, 3.63) is 66.4 Å². The zero-order chi connectivity index (χ0) is 16.3. The molecule has 1 aliphatic heterocycles. The molecule has 23 heavy (non-hydrogen) atoms. The average molecular weight is 307 g/mol. The molecule has 0 unspecified atom stereocenters. The highest BCUT2D eigenvalue weighted by molar-refractivity contribution is 5.79. The summed E-state index contributed by atoms with van der Waals surface area (Å²) in [5.74, 6) is 0.781. The van der Waals surface area contributed by atoms with Crippen LogP contribution in [0.4, 0.5) is 0 Å². The maximum absolute atomic E-state index is 11.2. The molecule has 118 valence electrons. The predicted octanol–water partition coefficient (Wildman–Crippen LogP) is 3.58. The summed E-state index contributed by atoms with van der Waals surface area (Å²) >= 11 is 0. The van der Waals surface area contributed by atoms with Crippen molar-refractivity contribution in [1.82, 2.24) is 14.9 Å². The van der Waals surface area contributed by atoms with Crippen LogP contribution in [0.15, 0.2) is 54.9 Å². The van der Waals surface area contributed by atoms with Crippen molar-refractivity contribution >= 4 is 17.6 Å². The van der Waals surface area contributed by atoms with E-state index in [9.17, 15) is 4.79 Å². The molecule has 0 amide bonds. The van der Waals surface area contributed by atoms with E-state index in [0.717, 1.165) is 36.3 Å². The van der Waals surface area contributed by atoms with Crippen molar-refractivity contribution in [2.24, 2.45) is 5.41 Å². The topological polar surface area (TPSA) is 46.9 Å². The summed E-state index contributed by atoms with van der Waals surface area (Å²) < 4.78 is 1.98. The number of nitrogens with one attached hydrogen (secondary N) is 1. The van der Waals surface area contributed by atoms with E-state index in [-0.39, 0.29) is 5.41 Å². The Morgan fingerprint density at radius 1 is 1.30 bits per heavy atom. The second-order valence-corrected chi connectivity index (χ2v) is 6.32. The second-order valence-electron chi connectivity index (χ2n) is 6.32. The first-order chi connectivity index (χ1) is 11.1. The van der Waals surface area contributed by atoms with Gasteiger partial charge in [-0.05, 0) is 18.7 Å². The van der Waals surface area contributed by atoms with Crippen molar-refractivity contribution in [3.63, 3.8) is 0 Å². The second kappa shape index (κ2) is 6.24. The summed E-state index contributed by atoms with van der Waals surface area (Å²) in [4.78, 5) is 15.7. The lowest BCUT2D eigenvalue weighted by molar-refractivity contribution is 0.111. The zero-order valence-corrected chi connectivity index (χ0v) is 13.5. The molecule has 1 N–H and O–H groups in total. The van der Waals surface area contributed by atoms with Gasteiger partial charge in [0.2, 0.25) is 0 Å². The van der Waals surface area contributed by atoms with E-state index in [1.54, 1.807) is 6.20 Å². The van der Waals surface area contributed by atoms with Crippen LogP contribution < -0.4 is 5.32 Å². The summed E-state index contributed by atoms with van der Waals surface area (Å²) in [6.07, 6.45) is 20.1. The first-order valence-corrected chi connectivity index (χ1v) is 7.83. The van der Waals surface area contributed by atoms with Gasteiger partial charge in [0.15, 0.2) is 6.29 Å². The molecule has 4 nitrogen and oxygen atoms in total. The Morgan fingerprint density at radius 3 is 3.00 bits per heavy atom. The predicted molar refractivity (Wildman–Crippen MR) is 93.7 cm³/mol. The third-order valence-electron chi connectivity index (χ3n) is 3.89. The van der Waals surface area contributed by atoms with E-state index < -0.39 is 0 Å². The molecule has 1 aromatic rings. The third-order valence-corrected chi connectivity index (χ3v) is 3.89. The van der Waals surface area contributed by atoms with Crippen LogP contribution in [-0.2, 0) is 0 Å². The van der Waals surface area contributed by atoms with Crippen LogP contribution in [0.1, 0.15) is 36.6 Å². The molecule has 0 aromatic carbocycles. The molecule has 1 aromatic heterocycles. The van der Waals surface area contributed by atoms with Crippen molar-refractivity contribution in [1.29, 1.82) is 0 Å². The number of hydrogen-bond donors (Lipinski definition) is 1. The van der Waals surface area contributed by atoms with Crippen LogP contribution in [0, 0.1) is 5.41 Å². The van der Waals surface area contributed by atoms with Gasteiger partial charge in [-0.15, -0.1) is 0 Å². The molecule has 0 saturated heterocycles. The lowest BCUT2D eigenvalue weighted by Crippen LogP contribution is -2.03. The molecule has 2 aliphatic rings. The number of imidazole rings is 1. The van der Waals surface area contributed by atoms with Gasteiger partial charge in [-0.25, -0.2) is 4.98 Å². The van der Waals surface area contributed by atoms with E-state index in [4.69, 9.17) is 0 Å². The smallest absolute Gasteiger partial charge is 0.170 e. The van der Waals surface area contributed by atoms with Gasteiger partial charge in [-0.2, -0.15) is 0 Å². The minimum Gasteiger partial charge on any atom is -0.391 e. The van der Waals surface area contributed by atoms with Crippen LogP contribution >= 0.6 is 0 Å². The Kier molecular flexibility index (Phi) is 4.15. The summed E-state index contributed by atoms with van der Waals surface area (Å²) in [7, 11) is 0. The number of aldehydes is 1. The van der Waals surface area contributed by atoms with Crippen molar-refractivity contribution in [3.8, 4) is 0 Å². The summed E-state index contributed by atoms with van der Waals surface area (Å²) in [5, 5.41) is 3.21. The van der Waals surface area contributed by atoms with E-state index in [2.05, 4.69) is 48.5 Å². The third kappa shape index (κ3) is 3.42. The normalized spacial score (nSPS) is 19.4. The lowest BCUT2D eigenvalue weighted by Gasteiger charge is -2.13. The van der Waals surface area contributed by atoms with Gasteiger partial charge in [0.1, 0.15) is 11.5 Å². The van der Waals surface area contributed by atoms with E-state index in [1.807, 2.05) is 29.0 Å². The molecule has 0 spiro atoms. The van der Waals surface area contributed by atoms with Crippen LogP contribution in [0.2, 0.25) is 0 Å². The Bertz CT molecular complexity index is 758. The van der Waals surface area contributed by atoms with Gasteiger partial charge < -0.3 is 5.32 Å². The number of rotatable bonds is 3. The molecule has 0 radical (unpaired) electrons. The minimum absolute atomic E-state index is 0.00850. The number of carbonyl (C=O) groups excluding carboxylic acids is 1. The van der Waals surface area contributed by atoms with Crippen LogP contribution in [0.25, 0.3) is 11.3 Å². The van der Waals surface area contributed by atoms with E-state index in [1.165, 1.54) is 0 Å². The number of nitrogens with zero attached hydrogens (tertiary/aromatic N) is 2. The van der Waals surface area contributed by atoms with Crippen molar-refractivity contribution in [2.45, 2.75) is 20.3 Å². The van der Waals surface area contributed by atoms with Gasteiger partial charge in [-0.1, -0.05) is 50.3 Å². The van der Waals surface area contributed by atoms with E-state index >= 15 is 0 Å². The molecular weight excluding hydrogens is 286 g/mol. The number of carbonyl (C=O) groups is 1. The standard InChI is InChI=1S/C19H21N3O/c1-19(2)9-3-5-15(7-10-19)18-21-16(14-23)13-22(18)17-6-4-11-20-12-8-17/h3,5-10,12-14,20H,4,11H2,1-2H3. The molecular formula is C19H21N3O. The summed E-state index contributed by atoms with van der Waals surface area (Å²) in [6.45, 7) is 5.22. The molecule has 4 heteroatoms. The van der Waals surface area contributed by atoms with Gasteiger partial charge in [-0.3, -0.25) is 9.36 Å². The van der Waals surface area contributed by atoms with Gasteiger partial charge in [0, 0.05) is 29.4 Å². The maximum atomic E-state index is 11.2. The summed E-state index contributed by atoms with van der Waals surface area (Å²) in [5.41, 5.74) is 2.46. The molecule has 2 heterocycles. The fourth-order valence-electron chi connectivity index (χ4n) is 2.60. The van der Waals surface area contributed by atoms with Gasteiger partial charge >= 0.3 is 0 Å².